The maximum absolute atomic E-state index is 5.48. The Balaban J connectivity index is 1.97. The van der Waals surface area contributed by atoms with Crippen molar-refractivity contribution < 1.29 is 4.74 Å². The summed E-state index contributed by atoms with van der Waals surface area (Å²) < 4.78 is 5.48. The van der Waals surface area contributed by atoms with E-state index in [2.05, 4.69) is 35.3 Å². The molecule has 2 rings (SSSR count). The molecule has 1 fully saturated rings. The van der Waals surface area contributed by atoms with Crippen molar-refractivity contribution in [3.05, 3.63) is 29.8 Å². The molecule has 0 spiro atoms. The molecule has 1 unspecified atom stereocenters. The molecule has 0 aliphatic carbocycles. The van der Waals surface area contributed by atoms with Gasteiger partial charge in [-0.3, -0.25) is 4.90 Å². The van der Waals surface area contributed by atoms with Gasteiger partial charge in [-0.15, -0.1) is 0 Å². The first-order valence-electron chi connectivity index (χ1n) is 7.91. The Hall–Kier alpha value is -1.06. The number of likely N-dealkylation sites (tertiary alicyclic amines) is 1. The van der Waals surface area contributed by atoms with Gasteiger partial charge >= 0.3 is 0 Å². The number of nitrogens with zero attached hydrogens (tertiary/aromatic N) is 1. The zero-order valence-corrected chi connectivity index (χ0v) is 12.9. The van der Waals surface area contributed by atoms with Crippen LogP contribution in [0.1, 0.15) is 38.2 Å². The molecule has 0 saturated carbocycles. The molecular formula is C17H28N2O. The minimum Gasteiger partial charge on any atom is -0.496 e. The van der Waals surface area contributed by atoms with Crippen LogP contribution < -0.4 is 10.1 Å². The van der Waals surface area contributed by atoms with Crippen LogP contribution in [0.3, 0.4) is 0 Å². The highest BCUT2D eigenvalue weighted by Gasteiger charge is 2.22. The Bertz CT molecular complexity index is 394. The lowest BCUT2D eigenvalue weighted by atomic mass is 10.0. The summed E-state index contributed by atoms with van der Waals surface area (Å²) in [6.07, 6.45) is 5.20. The highest BCUT2D eigenvalue weighted by molar-refractivity contribution is 5.33. The van der Waals surface area contributed by atoms with E-state index in [9.17, 15) is 0 Å². The van der Waals surface area contributed by atoms with Crippen molar-refractivity contribution in [2.24, 2.45) is 0 Å². The standard InChI is InChI=1S/C17H28N2O/c1-3-11-18-13-16-9-6-7-12-19(16)14-15-8-4-5-10-17(15)20-2/h4-5,8,10,16,18H,3,6-7,9,11-14H2,1-2H3. The van der Waals surface area contributed by atoms with Crippen molar-refractivity contribution >= 4 is 0 Å². The van der Waals surface area contributed by atoms with E-state index in [0.29, 0.717) is 6.04 Å². The molecule has 0 amide bonds. The minimum absolute atomic E-state index is 0.667. The van der Waals surface area contributed by atoms with Crippen LogP contribution in [0.2, 0.25) is 0 Å². The van der Waals surface area contributed by atoms with Crippen LogP contribution in [0.25, 0.3) is 0 Å². The number of para-hydroxylation sites is 1. The smallest absolute Gasteiger partial charge is 0.123 e. The van der Waals surface area contributed by atoms with Crippen molar-refractivity contribution in [2.75, 3.05) is 26.7 Å². The Morgan fingerprint density at radius 2 is 2.15 bits per heavy atom. The van der Waals surface area contributed by atoms with Gasteiger partial charge in [-0.25, -0.2) is 0 Å². The molecule has 1 saturated heterocycles. The number of nitrogens with one attached hydrogen (secondary N) is 1. The fourth-order valence-electron chi connectivity index (χ4n) is 3.00. The number of ether oxygens (including phenoxy) is 1. The molecule has 1 aromatic carbocycles. The molecule has 1 atom stereocenters. The van der Waals surface area contributed by atoms with Gasteiger partial charge in [0.05, 0.1) is 7.11 Å². The second-order valence-electron chi connectivity index (χ2n) is 5.64. The number of rotatable bonds is 7. The zero-order valence-electron chi connectivity index (χ0n) is 12.9. The van der Waals surface area contributed by atoms with E-state index in [1.807, 2.05) is 6.07 Å². The van der Waals surface area contributed by atoms with Crippen molar-refractivity contribution in [1.29, 1.82) is 0 Å². The SMILES string of the molecule is CCCNCC1CCCCN1Cc1ccccc1OC. The molecule has 1 aromatic rings. The van der Waals surface area contributed by atoms with Gasteiger partial charge in [0.15, 0.2) is 0 Å². The van der Waals surface area contributed by atoms with Crippen LogP contribution >= 0.6 is 0 Å². The number of methoxy groups -OCH3 is 1. The summed E-state index contributed by atoms with van der Waals surface area (Å²) in [5.41, 5.74) is 1.30. The van der Waals surface area contributed by atoms with Crippen LogP contribution in [0, 0.1) is 0 Å². The van der Waals surface area contributed by atoms with Gasteiger partial charge in [-0.05, 0) is 38.4 Å². The molecule has 0 radical (unpaired) electrons. The van der Waals surface area contributed by atoms with Gasteiger partial charge in [0.2, 0.25) is 0 Å². The molecule has 1 aliphatic heterocycles. The molecule has 20 heavy (non-hydrogen) atoms. The maximum Gasteiger partial charge on any atom is 0.123 e. The van der Waals surface area contributed by atoms with Crippen LogP contribution in [0.15, 0.2) is 24.3 Å². The molecule has 3 heteroatoms. The number of hydrogen-bond acceptors (Lipinski definition) is 3. The Kier molecular flexibility index (Phi) is 6.34. The van der Waals surface area contributed by atoms with Gasteiger partial charge < -0.3 is 10.1 Å². The summed E-state index contributed by atoms with van der Waals surface area (Å²) in [5, 5.41) is 3.58. The van der Waals surface area contributed by atoms with Gasteiger partial charge in [0.25, 0.3) is 0 Å². The lowest BCUT2D eigenvalue weighted by Crippen LogP contribution is -2.45. The lowest BCUT2D eigenvalue weighted by Gasteiger charge is -2.36. The third kappa shape index (κ3) is 4.22. The van der Waals surface area contributed by atoms with Crippen LogP contribution in [-0.4, -0.2) is 37.7 Å². The summed E-state index contributed by atoms with van der Waals surface area (Å²) >= 11 is 0. The largest absolute Gasteiger partial charge is 0.496 e. The number of benzene rings is 1. The highest BCUT2D eigenvalue weighted by atomic mass is 16.5. The van der Waals surface area contributed by atoms with Crippen molar-refractivity contribution in [2.45, 2.75) is 45.2 Å². The predicted molar refractivity (Wildman–Crippen MR) is 84.2 cm³/mol. The fraction of sp³-hybridized carbons (Fsp3) is 0.647. The van der Waals surface area contributed by atoms with Gasteiger partial charge in [-0.2, -0.15) is 0 Å². The number of hydrogen-bond donors (Lipinski definition) is 1. The molecule has 1 aliphatic rings. The lowest BCUT2D eigenvalue weighted by molar-refractivity contribution is 0.136. The fourth-order valence-corrected chi connectivity index (χ4v) is 3.00. The van der Waals surface area contributed by atoms with E-state index in [1.165, 1.54) is 37.8 Å². The Morgan fingerprint density at radius 3 is 2.95 bits per heavy atom. The number of piperidine rings is 1. The van der Waals surface area contributed by atoms with Crippen molar-refractivity contribution in [3.63, 3.8) is 0 Å². The first-order valence-corrected chi connectivity index (χ1v) is 7.91. The Labute approximate surface area is 123 Å². The molecule has 1 heterocycles. The molecule has 0 aromatic heterocycles. The van der Waals surface area contributed by atoms with Gasteiger partial charge in [0.1, 0.15) is 5.75 Å². The molecular weight excluding hydrogens is 248 g/mol. The van der Waals surface area contributed by atoms with E-state index >= 15 is 0 Å². The summed E-state index contributed by atoms with van der Waals surface area (Å²) in [7, 11) is 1.76. The first-order chi connectivity index (χ1) is 9.85. The van der Waals surface area contributed by atoms with Crippen molar-refractivity contribution in [1.82, 2.24) is 10.2 Å². The second kappa shape index (κ2) is 8.28. The van der Waals surface area contributed by atoms with E-state index in [1.54, 1.807) is 7.11 Å². The predicted octanol–water partition coefficient (Wildman–Crippen LogP) is 3.05. The normalized spacial score (nSPS) is 20.0. The summed E-state index contributed by atoms with van der Waals surface area (Å²) in [4.78, 5) is 2.62. The Morgan fingerprint density at radius 1 is 1.30 bits per heavy atom. The summed E-state index contributed by atoms with van der Waals surface area (Å²) in [6, 6.07) is 9.05. The highest BCUT2D eigenvalue weighted by Crippen LogP contribution is 2.24. The van der Waals surface area contributed by atoms with E-state index < -0.39 is 0 Å². The molecule has 3 nitrogen and oxygen atoms in total. The maximum atomic E-state index is 5.48. The minimum atomic E-state index is 0.667. The van der Waals surface area contributed by atoms with E-state index in [4.69, 9.17) is 4.74 Å². The van der Waals surface area contributed by atoms with Crippen LogP contribution in [-0.2, 0) is 6.54 Å². The molecule has 0 bridgehead atoms. The zero-order chi connectivity index (χ0) is 14.2. The van der Waals surface area contributed by atoms with Crippen LogP contribution in [0.4, 0.5) is 0 Å². The summed E-state index contributed by atoms with van der Waals surface area (Å²) in [6.45, 7) is 6.67. The quantitative estimate of drug-likeness (QED) is 0.775. The van der Waals surface area contributed by atoms with Gasteiger partial charge in [0, 0.05) is 24.7 Å². The molecule has 1 N–H and O–H groups in total. The third-order valence-corrected chi connectivity index (χ3v) is 4.12. The van der Waals surface area contributed by atoms with Gasteiger partial charge in [-0.1, -0.05) is 31.5 Å². The van der Waals surface area contributed by atoms with E-state index in [0.717, 1.165) is 25.4 Å². The van der Waals surface area contributed by atoms with E-state index in [-0.39, 0.29) is 0 Å². The molecule has 112 valence electrons. The second-order valence-corrected chi connectivity index (χ2v) is 5.64. The first kappa shape index (κ1) is 15.3. The average Bonchev–Trinajstić information content (AvgIpc) is 2.50. The summed E-state index contributed by atoms with van der Waals surface area (Å²) in [5.74, 6) is 1.01. The average molecular weight is 276 g/mol. The topological polar surface area (TPSA) is 24.5 Å². The van der Waals surface area contributed by atoms with Crippen molar-refractivity contribution in [3.8, 4) is 5.75 Å². The monoisotopic (exact) mass is 276 g/mol. The third-order valence-electron chi connectivity index (χ3n) is 4.12. The van der Waals surface area contributed by atoms with Crippen LogP contribution in [0.5, 0.6) is 5.75 Å².